The van der Waals surface area contributed by atoms with Crippen molar-refractivity contribution in [2.75, 3.05) is 6.54 Å². The molecule has 0 aromatic carbocycles. The van der Waals surface area contributed by atoms with Gasteiger partial charge in [0, 0.05) is 11.9 Å². The third-order valence-corrected chi connectivity index (χ3v) is 1.67. The van der Waals surface area contributed by atoms with Gasteiger partial charge in [-0.05, 0) is 37.9 Å². The Labute approximate surface area is 71.6 Å². The van der Waals surface area contributed by atoms with Crippen LogP contribution in [0.3, 0.4) is 0 Å². The minimum Gasteiger partial charge on any atom is -0.330 e. The topological polar surface area (TPSA) is 38.9 Å². The Kier molecular flexibility index (Phi) is 3.67. The van der Waals surface area contributed by atoms with Crippen LogP contribution in [0.5, 0.6) is 0 Å². The molecule has 1 rings (SSSR count). The predicted octanol–water partition coefficient (Wildman–Crippen LogP) is 1.50. The molecule has 0 atom stereocenters. The predicted molar refractivity (Wildman–Crippen MR) is 46.2 cm³/mol. The van der Waals surface area contributed by atoms with Gasteiger partial charge in [0.05, 0.1) is 0 Å². The van der Waals surface area contributed by atoms with E-state index in [1.54, 1.807) is 0 Å². The standard InChI is InChI=1S/C9H13FN2/c10-8-4-6-12-9(7-8)3-1-2-5-11/h4,6-7H,1-3,5,11H2. The molecule has 0 saturated carbocycles. The summed E-state index contributed by atoms with van der Waals surface area (Å²) in [5.41, 5.74) is 6.14. The molecule has 0 amide bonds. The fourth-order valence-electron chi connectivity index (χ4n) is 1.04. The maximum atomic E-state index is 12.6. The highest BCUT2D eigenvalue weighted by molar-refractivity contribution is 5.05. The van der Waals surface area contributed by atoms with Crippen LogP contribution >= 0.6 is 0 Å². The summed E-state index contributed by atoms with van der Waals surface area (Å²) in [6.07, 6.45) is 4.26. The smallest absolute Gasteiger partial charge is 0.126 e. The second-order valence-corrected chi connectivity index (χ2v) is 2.71. The monoisotopic (exact) mass is 168 g/mol. The minimum atomic E-state index is -0.215. The number of unbranched alkanes of at least 4 members (excludes halogenated alkanes) is 1. The number of rotatable bonds is 4. The van der Waals surface area contributed by atoms with Crippen molar-refractivity contribution in [1.82, 2.24) is 4.98 Å². The first-order valence-corrected chi connectivity index (χ1v) is 4.13. The molecule has 1 aromatic heterocycles. The van der Waals surface area contributed by atoms with Crippen LogP contribution in [0.15, 0.2) is 18.3 Å². The van der Waals surface area contributed by atoms with Crippen molar-refractivity contribution in [2.45, 2.75) is 19.3 Å². The molecule has 0 aliphatic carbocycles. The van der Waals surface area contributed by atoms with Crippen LogP contribution in [0, 0.1) is 5.82 Å². The number of aromatic nitrogens is 1. The zero-order chi connectivity index (χ0) is 8.81. The van der Waals surface area contributed by atoms with Crippen LogP contribution in [-0.4, -0.2) is 11.5 Å². The first-order chi connectivity index (χ1) is 5.83. The van der Waals surface area contributed by atoms with Crippen molar-refractivity contribution < 1.29 is 4.39 Å². The Morgan fingerprint density at radius 1 is 1.42 bits per heavy atom. The van der Waals surface area contributed by atoms with E-state index in [0.29, 0.717) is 6.54 Å². The number of hydrogen-bond acceptors (Lipinski definition) is 2. The highest BCUT2D eigenvalue weighted by Crippen LogP contribution is 2.03. The van der Waals surface area contributed by atoms with Crippen molar-refractivity contribution in [2.24, 2.45) is 5.73 Å². The van der Waals surface area contributed by atoms with Gasteiger partial charge in [0.2, 0.25) is 0 Å². The summed E-state index contributed by atoms with van der Waals surface area (Å²) < 4.78 is 12.6. The van der Waals surface area contributed by atoms with Crippen molar-refractivity contribution in [3.63, 3.8) is 0 Å². The summed E-state index contributed by atoms with van der Waals surface area (Å²) in [4.78, 5) is 4.03. The quantitative estimate of drug-likeness (QED) is 0.692. The lowest BCUT2D eigenvalue weighted by molar-refractivity contribution is 0.619. The van der Waals surface area contributed by atoms with Gasteiger partial charge in [0.1, 0.15) is 5.82 Å². The van der Waals surface area contributed by atoms with Gasteiger partial charge in [0.25, 0.3) is 0 Å². The number of pyridine rings is 1. The molecular weight excluding hydrogens is 155 g/mol. The van der Waals surface area contributed by atoms with E-state index in [4.69, 9.17) is 5.73 Å². The summed E-state index contributed by atoms with van der Waals surface area (Å²) in [6.45, 7) is 0.690. The molecule has 1 aromatic rings. The van der Waals surface area contributed by atoms with Crippen LogP contribution in [0.1, 0.15) is 18.5 Å². The highest BCUT2D eigenvalue weighted by Gasteiger charge is 1.95. The Morgan fingerprint density at radius 3 is 2.92 bits per heavy atom. The molecule has 0 aliphatic heterocycles. The van der Waals surface area contributed by atoms with E-state index in [0.717, 1.165) is 25.0 Å². The van der Waals surface area contributed by atoms with Gasteiger partial charge in [0.15, 0.2) is 0 Å². The Hall–Kier alpha value is -0.960. The molecule has 0 fully saturated rings. The molecule has 2 nitrogen and oxygen atoms in total. The average Bonchev–Trinajstić information content (AvgIpc) is 2.05. The second kappa shape index (κ2) is 4.83. The molecule has 3 heteroatoms. The second-order valence-electron chi connectivity index (χ2n) is 2.71. The van der Waals surface area contributed by atoms with Crippen molar-refractivity contribution >= 4 is 0 Å². The zero-order valence-corrected chi connectivity index (χ0v) is 6.96. The SMILES string of the molecule is NCCCCc1cc(F)ccn1. The molecule has 0 radical (unpaired) electrons. The van der Waals surface area contributed by atoms with Crippen LogP contribution < -0.4 is 5.73 Å². The molecule has 2 N–H and O–H groups in total. The zero-order valence-electron chi connectivity index (χ0n) is 6.96. The third-order valence-electron chi connectivity index (χ3n) is 1.67. The molecule has 0 unspecified atom stereocenters. The normalized spacial score (nSPS) is 10.2. The first-order valence-electron chi connectivity index (χ1n) is 4.13. The Bertz CT molecular complexity index is 238. The van der Waals surface area contributed by atoms with Gasteiger partial charge in [-0.25, -0.2) is 4.39 Å². The largest absolute Gasteiger partial charge is 0.330 e. The molecule has 12 heavy (non-hydrogen) atoms. The summed E-state index contributed by atoms with van der Waals surface area (Å²) in [5.74, 6) is -0.215. The molecule has 0 saturated heterocycles. The van der Waals surface area contributed by atoms with Gasteiger partial charge in [-0.3, -0.25) is 4.98 Å². The van der Waals surface area contributed by atoms with E-state index in [1.165, 1.54) is 18.3 Å². The van der Waals surface area contributed by atoms with E-state index < -0.39 is 0 Å². The lowest BCUT2D eigenvalue weighted by Crippen LogP contribution is -1.99. The van der Waals surface area contributed by atoms with Gasteiger partial charge in [-0.1, -0.05) is 0 Å². The molecule has 1 heterocycles. The van der Waals surface area contributed by atoms with Crippen molar-refractivity contribution in [1.29, 1.82) is 0 Å². The van der Waals surface area contributed by atoms with Crippen LogP contribution in [0.2, 0.25) is 0 Å². The van der Waals surface area contributed by atoms with Crippen LogP contribution in [-0.2, 0) is 6.42 Å². The number of aryl methyl sites for hydroxylation is 1. The fourth-order valence-corrected chi connectivity index (χ4v) is 1.04. The van der Waals surface area contributed by atoms with Gasteiger partial charge >= 0.3 is 0 Å². The Balaban J connectivity index is 2.41. The lowest BCUT2D eigenvalue weighted by atomic mass is 10.2. The van der Waals surface area contributed by atoms with Crippen LogP contribution in [0.25, 0.3) is 0 Å². The lowest BCUT2D eigenvalue weighted by Gasteiger charge is -1.98. The van der Waals surface area contributed by atoms with E-state index >= 15 is 0 Å². The van der Waals surface area contributed by atoms with Gasteiger partial charge in [-0.15, -0.1) is 0 Å². The third kappa shape index (κ3) is 2.96. The molecule has 0 bridgehead atoms. The summed E-state index contributed by atoms with van der Waals surface area (Å²) in [5, 5.41) is 0. The van der Waals surface area contributed by atoms with E-state index in [-0.39, 0.29) is 5.82 Å². The number of nitrogens with zero attached hydrogens (tertiary/aromatic N) is 1. The first kappa shape index (κ1) is 9.13. The van der Waals surface area contributed by atoms with E-state index in [1.807, 2.05) is 0 Å². The summed E-state index contributed by atoms with van der Waals surface area (Å²) in [6, 6.07) is 2.82. The van der Waals surface area contributed by atoms with Crippen molar-refractivity contribution in [3.8, 4) is 0 Å². The minimum absolute atomic E-state index is 0.215. The van der Waals surface area contributed by atoms with E-state index in [2.05, 4.69) is 4.98 Å². The van der Waals surface area contributed by atoms with E-state index in [9.17, 15) is 4.39 Å². The van der Waals surface area contributed by atoms with Gasteiger partial charge < -0.3 is 5.73 Å². The fraction of sp³-hybridized carbons (Fsp3) is 0.444. The highest BCUT2D eigenvalue weighted by atomic mass is 19.1. The van der Waals surface area contributed by atoms with Crippen molar-refractivity contribution in [3.05, 3.63) is 29.8 Å². The van der Waals surface area contributed by atoms with Crippen LogP contribution in [0.4, 0.5) is 4.39 Å². The molecule has 0 aliphatic rings. The maximum absolute atomic E-state index is 12.6. The molecule has 0 spiro atoms. The number of hydrogen-bond donors (Lipinski definition) is 1. The summed E-state index contributed by atoms with van der Waals surface area (Å²) >= 11 is 0. The molecular formula is C9H13FN2. The average molecular weight is 168 g/mol. The number of nitrogens with two attached hydrogens (primary N) is 1. The van der Waals surface area contributed by atoms with Gasteiger partial charge in [-0.2, -0.15) is 0 Å². The number of halogens is 1. The maximum Gasteiger partial charge on any atom is 0.126 e. The Morgan fingerprint density at radius 2 is 2.25 bits per heavy atom. The summed E-state index contributed by atoms with van der Waals surface area (Å²) in [7, 11) is 0. The molecule has 66 valence electrons.